The Morgan fingerprint density at radius 3 is 2.26 bits per heavy atom. The van der Waals surface area contributed by atoms with E-state index < -0.39 is 0 Å². The Hall–Kier alpha value is -3.80. The zero-order chi connectivity index (χ0) is 27.2. The number of carbonyl (C=O) groups excluding carboxylic acids is 2. The molecule has 39 heavy (non-hydrogen) atoms. The van der Waals surface area contributed by atoms with Gasteiger partial charge in [0.05, 0.1) is 0 Å². The number of anilines is 1. The number of fused-ring (bicyclic) bond motifs is 2. The summed E-state index contributed by atoms with van der Waals surface area (Å²) in [6.07, 6.45) is 10.8. The molecule has 0 saturated carbocycles. The number of benzene rings is 2. The Kier molecular flexibility index (Phi) is 8.50. The van der Waals surface area contributed by atoms with Crippen molar-refractivity contribution in [2.45, 2.75) is 65.3 Å². The fourth-order valence-corrected chi connectivity index (χ4v) is 5.54. The van der Waals surface area contributed by atoms with Crippen LogP contribution in [0.1, 0.15) is 74.9 Å². The smallest absolute Gasteiger partial charge is 0.292 e. The molecular formula is C33H39N3O3. The van der Waals surface area contributed by atoms with Crippen LogP contribution >= 0.6 is 0 Å². The van der Waals surface area contributed by atoms with Crippen molar-refractivity contribution in [2.75, 3.05) is 18.0 Å². The molecule has 2 aromatic carbocycles. The predicted molar refractivity (Wildman–Crippen MR) is 156 cm³/mol. The Morgan fingerprint density at radius 1 is 0.821 bits per heavy atom. The number of para-hydroxylation sites is 2. The molecule has 204 valence electrons. The molecular weight excluding hydrogens is 486 g/mol. The van der Waals surface area contributed by atoms with Crippen LogP contribution in [-0.4, -0.2) is 34.4 Å². The number of hydrogen-bond acceptors (Lipinski definition) is 3. The molecule has 0 unspecified atom stereocenters. The quantitative estimate of drug-likeness (QED) is 0.276. The van der Waals surface area contributed by atoms with Crippen LogP contribution in [0.3, 0.4) is 0 Å². The normalized spacial score (nSPS) is 15.5. The lowest BCUT2D eigenvalue weighted by molar-refractivity contribution is -0.119. The Morgan fingerprint density at radius 2 is 1.49 bits per heavy atom. The second kappa shape index (κ2) is 12.4. The molecule has 1 aliphatic heterocycles. The van der Waals surface area contributed by atoms with Gasteiger partial charge in [0, 0.05) is 49.5 Å². The van der Waals surface area contributed by atoms with E-state index in [1.54, 1.807) is 0 Å². The van der Waals surface area contributed by atoms with Gasteiger partial charge in [-0.05, 0) is 54.7 Å². The van der Waals surface area contributed by atoms with Gasteiger partial charge in [-0.15, -0.1) is 0 Å². The highest BCUT2D eigenvalue weighted by Gasteiger charge is 2.28. The standard InChI is InChI=1S/C33H39N3O3/c1-25(2)23-30(37)36-22-12-6-4-3-5-11-21-35(24-26-15-7-9-17-28(26)36)33(38)32-31(34-19-13-14-20-34)27-16-8-10-18-29(27)39-32/h7-10,13-20,25H,3-6,11-12,21-24H2,1-2H3. The summed E-state index contributed by atoms with van der Waals surface area (Å²) < 4.78 is 8.20. The van der Waals surface area contributed by atoms with Crippen LogP contribution < -0.4 is 4.90 Å². The maximum atomic E-state index is 14.3. The fourth-order valence-electron chi connectivity index (χ4n) is 5.54. The van der Waals surface area contributed by atoms with Crippen LogP contribution in [-0.2, 0) is 11.3 Å². The summed E-state index contributed by atoms with van der Waals surface area (Å²) in [6, 6.07) is 19.8. The zero-order valence-corrected chi connectivity index (χ0v) is 23.1. The largest absolute Gasteiger partial charge is 0.449 e. The molecule has 1 aliphatic rings. The highest BCUT2D eigenvalue weighted by atomic mass is 16.3. The lowest BCUT2D eigenvalue weighted by atomic mass is 10.1. The summed E-state index contributed by atoms with van der Waals surface area (Å²) >= 11 is 0. The van der Waals surface area contributed by atoms with E-state index in [1.807, 2.05) is 81.4 Å². The highest BCUT2D eigenvalue weighted by Crippen LogP contribution is 2.32. The maximum Gasteiger partial charge on any atom is 0.292 e. The number of nitrogens with zero attached hydrogens (tertiary/aromatic N) is 3. The molecule has 0 aliphatic carbocycles. The highest BCUT2D eigenvalue weighted by molar-refractivity contribution is 6.03. The zero-order valence-electron chi connectivity index (χ0n) is 23.1. The van der Waals surface area contributed by atoms with Crippen LogP contribution in [0.25, 0.3) is 16.7 Å². The van der Waals surface area contributed by atoms with Crippen LogP contribution in [0.5, 0.6) is 0 Å². The lowest BCUT2D eigenvalue weighted by Gasteiger charge is -2.29. The van der Waals surface area contributed by atoms with Gasteiger partial charge in [0.15, 0.2) is 0 Å². The molecule has 2 aromatic heterocycles. The van der Waals surface area contributed by atoms with E-state index >= 15 is 0 Å². The Balaban J connectivity index is 1.54. The predicted octanol–water partition coefficient (Wildman–Crippen LogP) is 7.60. The van der Waals surface area contributed by atoms with Crippen molar-refractivity contribution < 1.29 is 14.0 Å². The lowest BCUT2D eigenvalue weighted by Crippen LogP contribution is -2.35. The second-order valence-electron chi connectivity index (χ2n) is 11.0. The first-order valence-electron chi connectivity index (χ1n) is 14.4. The van der Waals surface area contributed by atoms with Crippen molar-refractivity contribution in [1.82, 2.24) is 9.47 Å². The summed E-state index contributed by atoms with van der Waals surface area (Å²) in [5.41, 5.74) is 3.36. The van der Waals surface area contributed by atoms with Gasteiger partial charge >= 0.3 is 0 Å². The van der Waals surface area contributed by atoms with Crippen molar-refractivity contribution in [3.05, 3.63) is 84.4 Å². The minimum absolute atomic E-state index is 0.125. The molecule has 3 heterocycles. The van der Waals surface area contributed by atoms with Crippen LogP contribution in [0, 0.1) is 5.92 Å². The molecule has 0 fully saturated rings. The van der Waals surface area contributed by atoms with Crippen molar-refractivity contribution in [2.24, 2.45) is 5.92 Å². The average Bonchev–Trinajstić information content (AvgIpc) is 3.59. The number of aromatic nitrogens is 1. The minimum Gasteiger partial charge on any atom is -0.449 e. The van der Waals surface area contributed by atoms with Gasteiger partial charge in [0.25, 0.3) is 5.91 Å². The number of carbonyl (C=O) groups is 2. The van der Waals surface area contributed by atoms with Crippen molar-refractivity contribution >= 4 is 28.5 Å². The van der Waals surface area contributed by atoms with Gasteiger partial charge in [-0.3, -0.25) is 9.59 Å². The molecule has 4 aromatic rings. The van der Waals surface area contributed by atoms with Crippen molar-refractivity contribution in [3.63, 3.8) is 0 Å². The van der Waals surface area contributed by atoms with Crippen molar-refractivity contribution in [3.8, 4) is 5.69 Å². The van der Waals surface area contributed by atoms with E-state index in [-0.39, 0.29) is 17.7 Å². The first-order valence-corrected chi connectivity index (χ1v) is 14.4. The molecule has 2 amide bonds. The fraction of sp³-hybridized carbons (Fsp3) is 0.394. The van der Waals surface area contributed by atoms with E-state index in [0.29, 0.717) is 37.4 Å². The molecule has 0 N–H and O–H groups in total. The van der Waals surface area contributed by atoms with Gasteiger partial charge in [-0.1, -0.05) is 69.9 Å². The van der Waals surface area contributed by atoms with E-state index in [9.17, 15) is 9.59 Å². The van der Waals surface area contributed by atoms with E-state index in [1.165, 1.54) is 0 Å². The summed E-state index contributed by atoms with van der Waals surface area (Å²) in [7, 11) is 0. The molecule has 0 bridgehead atoms. The molecule has 6 heteroatoms. The summed E-state index contributed by atoms with van der Waals surface area (Å²) in [6.45, 7) is 5.93. The molecule has 0 radical (unpaired) electrons. The molecule has 6 nitrogen and oxygen atoms in total. The van der Waals surface area contributed by atoms with Gasteiger partial charge in [-0.25, -0.2) is 0 Å². The van der Waals surface area contributed by atoms with Crippen LogP contribution in [0.4, 0.5) is 5.69 Å². The van der Waals surface area contributed by atoms with Crippen molar-refractivity contribution in [1.29, 1.82) is 0 Å². The Bertz CT molecular complexity index is 1400. The SMILES string of the molecule is CC(C)CC(=O)N1CCCCCCCCN(C(=O)c2oc3ccccc3c2-n2cccc2)Cc2ccccc21. The number of rotatable bonds is 4. The third-order valence-electron chi connectivity index (χ3n) is 7.50. The van der Waals surface area contributed by atoms with Gasteiger partial charge in [0.2, 0.25) is 11.7 Å². The third-order valence-corrected chi connectivity index (χ3v) is 7.50. The van der Waals surface area contributed by atoms with E-state index in [0.717, 1.165) is 60.8 Å². The number of furan rings is 1. The van der Waals surface area contributed by atoms with Gasteiger partial charge < -0.3 is 18.8 Å². The van der Waals surface area contributed by atoms with Crippen LogP contribution in [0.15, 0.2) is 77.5 Å². The van der Waals surface area contributed by atoms with Crippen LogP contribution in [0.2, 0.25) is 0 Å². The van der Waals surface area contributed by atoms with Gasteiger partial charge in [-0.2, -0.15) is 0 Å². The number of hydrogen-bond donors (Lipinski definition) is 0. The van der Waals surface area contributed by atoms with Gasteiger partial charge in [0.1, 0.15) is 11.3 Å². The summed E-state index contributed by atoms with van der Waals surface area (Å²) in [4.78, 5) is 31.5. The summed E-state index contributed by atoms with van der Waals surface area (Å²) in [5, 5.41) is 0.911. The monoisotopic (exact) mass is 525 g/mol. The van der Waals surface area contributed by atoms with E-state index in [4.69, 9.17) is 4.42 Å². The first kappa shape index (κ1) is 26.8. The number of amides is 2. The molecule has 5 rings (SSSR count). The first-order chi connectivity index (χ1) is 19.0. The van der Waals surface area contributed by atoms with E-state index in [2.05, 4.69) is 19.9 Å². The Labute approximate surface area is 231 Å². The second-order valence-corrected chi connectivity index (χ2v) is 11.0. The minimum atomic E-state index is -0.125. The molecule has 0 saturated heterocycles. The molecule has 0 spiro atoms. The molecule has 0 atom stereocenters. The maximum absolute atomic E-state index is 14.3. The average molecular weight is 526 g/mol. The topological polar surface area (TPSA) is 58.7 Å². The third kappa shape index (κ3) is 6.11. The summed E-state index contributed by atoms with van der Waals surface area (Å²) in [5.74, 6) is 0.659.